The fraction of sp³-hybridized carbons (Fsp3) is 0.423. The summed E-state index contributed by atoms with van der Waals surface area (Å²) in [6.45, 7) is 1.38. The van der Waals surface area contributed by atoms with E-state index in [0.717, 1.165) is 24.1 Å². The number of nitrogens with zero attached hydrogens (tertiary/aromatic N) is 1. The Labute approximate surface area is 189 Å². The molecule has 0 saturated heterocycles. The van der Waals surface area contributed by atoms with Crippen LogP contribution in [0, 0.1) is 17.8 Å². The van der Waals surface area contributed by atoms with Gasteiger partial charge in [0.1, 0.15) is 5.38 Å². The van der Waals surface area contributed by atoms with Crippen LogP contribution in [0.15, 0.2) is 60.7 Å². The number of alkyl halides is 1. The Morgan fingerprint density at radius 1 is 1.06 bits per heavy atom. The van der Waals surface area contributed by atoms with Crippen molar-refractivity contribution >= 4 is 17.5 Å². The maximum atomic E-state index is 13.4. The Kier molecular flexibility index (Phi) is 6.86. The first-order valence-electron chi connectivity index (χ1n) is 11.0. The molecule has 0 heterocycles. The molecule has 2 bridgehead atoms. The number of methoxy groups -OCH3 is 2. The third kappa shape index (κ3) is 4.90. The van der Waals surface area contributed by atoms with Crippen LogP contribution < -0.4 is 9.47 Å². The standard InChI is InChI=1S/C26H30ClNO3/c1-30-23-11-9-18(16-24(23)31-2)12-13-28(17-22-15-19-8-10-21(22)14-19)26(29)25(27)20-6-4-3-5-7-20/h3-11,16,19,21-22,25H,12-15,17H2,1-2H3. The van der Waals surface area contributed by atoms with E-state index in [1.165, 1.54) is 12.8 Å². The zero-order chi connectivity index (χ0) is 21.8. The molecule has 4 nitrogen and oxygen atoms in total. The lowest BCUT2D eigenvalue weighted by molar-refractivity contribution is -0.131. The molecule has 0 aromatic heterocycles. The fourth-order valence-electron chi connectivity index (χ4n) is 4.90. The minimum Gasteiger partial charge on any atom is -0.493 e. The molecule has 2 aromatic carbocycles. The molecule has 1 fully saturated rings. The highest BCUT2D eigenvalue weighted by atomic mass is 35.5. The minimum absolute atomic E-state index is 0.0138. The Morgan fingerprint density at radius 3 is 2.48 bits per heavy atom. The van der Waals surface area contributed by atoms with Crippen molar-refractivity contribution in [2.24, 2.45) is 17.8 Å². The molecule has 31 heavy (non-hydrogen) atoms. The number of benzene rings is 2. The summed E-state index contributed by atoms with van der Waals surface area (Å²) in [6, 6.07) is 15.5. The predicted molar refractivity (Wildman–Crippen MR) is 124 cm³/mol. The molecule has 1 saturated carbocycles. The quantitative estimate of drug-likeness (QED) is 0.394. The van der Waals surface area contributed by atoms with Gasteiger partial charge in [-0.25, -0.2) is 0 Å². The van der Waals surface area contributed by atoms with Gasteiger partial charge in [-0.3, -0.25) is 4.79 Å². The summed E-state index contributed by atoms with van der Waals surface area (Å²) in [5.74, 6) is 3.18. The number of halogens is 1. The zero-order valence-corrected chi connectivity index (χ0v) is 18.9. The van der Waals surface area contributed by atoms with Crippen molar-refractivity contribution in [1.82, 2.24) is 4.90 Å². The molecule has 5 heteroatoms. The van der Waals surface area contributed by atoms with Gasteiger partial charge in [0.15, 0.2) is 11.5 Å². The maximum Gasteiger partial charge on any atom is 0.245 e. The lowest BCUT2D eigenvalue weighted by Crippen LogP contribution is -2.39. The summed E-state index contributed by atoms with van der Waals surface area (Å²) in [5.41, 5.74) is 1.95. The van der Waals surface area contributed by atoms with Crippen LogP contribution in [-0.2, 0) is 11.2 Å². The molecule has 0 spiro atoms. The summed E-state index contributed by atoms with van der Waals surface area (Å²) in [4.78, 5) is 15.4. The van der Waals surface area contributed by atoms with Gasteiger partial charge in [-0.05, 0) is 60.3 Å². The van der Waals surface area contributed by atoms with E-state index in [9.17, 15) is 4.79 Å². The average Bonchev–Trinajstić information content (AvgIpc) is 3.44. The molecule has 4 rings (SSSR count). The third-order valence-corrected chi connectivity index (χ3v) is 7.05. The van der Waals surface area contributed by atoms with Crippen LogP contribution in [-0.4, -0.2) is 38.1 Å². The predicted octanol–water partition coefficient (Wildman–Crippen LogP) is 5.27. The second-order valence-electron chi connectivity index (χ2n) is 8.54. The van der Waals surface area contributed by atoms with Crippen molar-refractivity contribution in [3.63, 3.8) is 0 Å². The SMILES string of the molecule is COc1ccc(CCN(CC2CC3C=CC2C3)C(=O)C(Cl)c2ccccc2)cc1OC. The number of ether oxygens (including phenoxy) is 2. The first-order valence-corrected chi connectivity index (χ1v) is 11.4. The molecule has 4 unspecified atom stereocenters. The molecule has 0 aliphatic heterocycles. The zero-order valence-electron chi connectivity index (χ0n) is 18.2. The van der Waals surface area contributed by atoms with E-state index in [4.69, 9.17) is 21.1 Å². The minimum atomic E-state index is -0.666. The van der Waals surface area contributed by atoms with Gasteiger partial charge >= 0.3 is 0 Å². The topological polar surface area (TPSA) is 38.8 Å². The molecule has 2 aromatic rings. The van der Waals surface area contributed by atoms with E-state index in [2.05, 4.69) is 12.2 Å². The van der Waals surface area contributed by atoms with Crippen molar-refractivity contribution in [2.75, 3.05) is 27.3 Å². The van der Waals surface area contributed by atoms with Crippen molar-refractivity contribution in [3.05, 3.63) is 71.8 Å². The molecule has 2 aliphatic carbocycles. The molecule has 1 amide bonds. The van der Waals surface area contributed by atoms with Gasteiger partial charge in [0, 0.05) is 13.1 Å². The summed E-state index contributed by atoms with van der Waals surface area (Å²) >= 11 is 6.64. The highest BCUT2D eigenvalue weighted by Gasteiger charge is 2.37. The van der Waals surface area contributed by atoms with E-state index in [0.29, 0.717) is 35.8 Å². The fourth-order valence-corrected chi connectivity index (χ4v) is 5.19. The van der Waals surface area contributed by atoms with Crippen molar-refractivity contribution in [3.8, 4) is 11.5 Å². The summed E-state index contributed by atoms with van der Waals surface area (Å²) < 4.78 is 10.8. The Bertz CT molecular complexity index is 930. The van der Waals surface area contributed by atoms with Gasteiger partial charge in [0.25, 0.3) is 0 Å². The van der Waals surface area contributed by atoms with E-state index in [1.54, 1.807) is 14.2 Å². The first-order chi connectivity index (χ1) is 15.1. The summed E-state index contributed by atoms with van der Waals surface area (Å²) in [6.07, 6.45) is 7.81. The van der Waals surface area contributed by atoms with Crippen LogP contribution in [0.4, 0.5) is 0 Å². The van der Waals surface area contributed by atoms with Crippen LogP contribution in [0.5, 0.6) is 11.5 Å². The summed E-state index contributed by atoms with van der Waals surface area (Å²) in [7, 11) is 3.27. The van der Waals surface area contributed by atoms with Crippen LogP contribution in [0.25, 0.3) is 0 Å². The number of hydrogen-bond acceptors (Lipinski definition) is 3. The van der Waals surface area contributed by atoms with E-state index in [1.807, 2.05) is 53.4 Å². The van der Waals surface area contributed by atoms with Crippen LogP contribution in [0.2, 0.25) is 0 Å². The van der Waals surface area contributed by atoms with Crippen molar-refractivity contribution < 1.29 is 14.3 Å². The van der Waals surface area contributed by atoms with E-state index in [-0.39, 0.29) is 5.91 Å². The summed E-state index contributed by atoms with van der Waals surface area (Å²) in [5, 5.41) is -0.666. The lowest BCUT2D eigenvalue weighted by atomic mass is 9.92. The Morgan fingerprint density at radius 2 is 1.84 bits per heavy atom. The third-order valence-electron chi connectivity index (χ3n) is 6.61. The largest absolute Gasteiger partial charge is 0.493 e. The first kappa shape index (κ1) is 21.8. The van der Waals surface area contributed by atoms with E-state index < -0.39 is 5.38 Å². The molecule has 2 aliphatic rings. The highest BCUT2D eigenvalue weighted by molar-refractivity contribution is 6.30. The average molecular weight is 440 g/mol. The van der Waals surface area contributed by atoms with Gasteiger partial charge in [0.05, 0.1) is 14.2 Å². The number of carbonyl (C=O) groups is 1. The molecule has 164 valence electrons. The number of fused-ring (bicyclic) bond motifs is 2. The highest BCUT2D eigenvalue weighted by Crippen LogP contribution is 2.44. The van der Waals surface area contributed by atoms with Crippen LogP contribution >= 0.6 is 11.6 Å². The maximum absolute atomic E-state index is 13.4. The molecule has 4 atom stereocenters. The Hall–Kier alpha value is -2.46. The second-order valence-corrected chi connectivity index (χ2v) is 8.97. The number of hydrogen-bond donors (Lipinski definition) is 0. The van der Waals surface area contributed by atoms with Gasteiger partial charge in [-0.1, -0.05) is 48.6 Å². The number of amides is 1. The lowest BCUT2D eigenvalue weighted by Gasteiger charge is -2.30. The number of carbonyl (C=O) groups excluding carboxylic acids is 1. The van der Waals surface area contributed by atoms with Gasteiger partial charge in [0.2, 0.25) is 5.91 Å². The number of allylic oxidation sites excluding steroid dienone is 2. The molecular formula is C26H30ClNO3. The van der Waals surface area contributed by atoms with Gasteiger partial charge in [-0.2, -0.15) is 0 Å². The van der Waals surface area contributed by atoms with Crippen LogP contribution in [0.3, 0.4) is 0 Å². The number of rotatable bonds is 9. The second kappa shape index (κ2) is 9.78. The van der Waals surface area contributed by atoms with Gasteiger partial charge < -0.3 is 14.4 Å². The van der Waals surface area contributed by atoms with Crippen LogP contribution in [0.1, 0.15) is 29.3 Å². The van der Waals surface area contributed by atoms with Gasteiger partial charge in [-0.15, -0.1) is 11.6 Å². The van der Waals surface area contributed by atoms with Crippen molar-refractivity contribution in [2.45, 2.75) is 24.6 Å². The normalized spacial score (nSPS) is 22.4. The molecule has 0 N–H and O–H groups in total. The molecule has 0 radical (unpaired) electrons. The smallest absolute Gasteiger partial charge is 0.245 e. The van der Waals surface area contributed by atoms with Crippen molar-refractivity contribution in [1.29, 1.82) is 0 Å². The molecular weight excluding hydrogens is 410 g/mol. The Balaban J connectivity index is 1.49. The van der Waals surface area contributed by atoms with E-state index >= 15 is 0 Å². The monoisotopic (exact) mass is 439 g/mol.